The molecule has 0 saturated carbocycles. The fraction of sp³-hybridized carbons (Fsp3) is 1.00. The Kier molecular flexibility index (Phi) is 19.7. The van der Waals surface area contributed by atoms with E-state index in [0.717, 1.165) is 48.7 Å². The molecule has 0 bridgehead atoms. The average molecular weight is 522 g/mol. The summed E-state index contributed by atoms with van der Waals surface area (Å²) >= 11 is 0. The quantitative estimate of drug-likeness (QED) is 0.0961. The normalized spacial score (nSPS) is 16.2. The minimum absolute atomic E-state index is 0.130. The van der Waals surface area contributed by atoms with Crippen LogP contribution in [0, 0.1) is 17.8 Å². The van der Waals surface area contributed by atoms with E-state index in [2.05, 4.69) is 34.9 Å². The molecule has 0 amide bonds. The summed E-state index contributed by atoms with van der Waals surface area (Å²) in [5.41, 5.74) is 0. The molecule has 0 aliphatic heterocycles. The standard InChI is InChI=1S/C28H59NO5S/c1-6-8-10-17-27(22-25(3)15-13-18-28(31)24-30)23-26(7-2)16-11-9-12-19-29(4,5)20-14-21-35(32,33)34/h25-28,30-31H,6-24H2,1-5H3. The van der Waals surface area contributed by atoms with Crippen LogP contribution < -0.4 is 0 Å². The van der Waals surface area contributed by atoms with E-state index in [1.54, 1.807) is 0 Å². The Labute approximate surface area is 218 Å². The highest BCUT2D eigenvalue weighted by Gasteiger charge is 2.19. The van der Waals surface area contributed by atoms with Crippen molar-refractivity contribution in [3.63, 3.8) is 0 Å². The van der Waals surface area contributed by atoms with Crippen LogP contribution in [-0.2, 0) is 10.1 Å². The van der Waals surface area contributed by atoms with Crippen molar-refractivity contribution in [1.82, 2.24) is 0 Å². The van der Waals surface area contributed by atoms with Crippen LogP contribution >= 0.6 is 0 Å². The molecule has 0 aromatic heterocycles. The molecule has 0 radical (unpaired) electrons. The molecule has 0 aliphatic carbocycles. The van der Waals surface area contributed by atoms with Crippen LogP contribution in [0.4, 0.5) is 0 Å². The summed E-state index contributed by atoms with van der Waals surface area (Å²) < 4.78 is 33.2. The van der Waals surface area contributed by atoms with Crippen LogP contribution in [0.1, 0.15) is 117 Å². The molecule has 7 heteroatoms. The molecule has 0 fully saturated rings. The Morgan fingerprint density at radius 2 is 1.43 bits per heavy atom. The molecular weight excluding hydrogens is 462 g/mol. The van der Waals surface area contributed by atoms with E-state index >= 15 is 0 Å². The third kappa shape index (κ3) is 21.6. The predicted octanol–water partition coefficient (Wildman–Crippen LogP) is 5.72. The molecule has 6 nitrogen and oxygen atoms in total. The number of quaternary nitrogens is 1. The van der Waals surface area contributed by atoms with E-state index in [1.165, 1.54) is 64.2 Å². The number of rotatable bonds is 24. The van der Waals surface area contributed by atoms with Gasteiger partial charge in [0.15, 0.2) is 0 Å². The zero-order valence-electron chi connectivity index (χ0n) is 23.7. The molecule has 0 saturated heterocycles. The van der Waals surface area contributed by atoms with Crippen molar-refractivity contribution in [2.45, 2.75) is 123 Å². The van der Waals surface area contributed by atoms with Gasteiger partial charge in [0, 0.05) is 12.2 Å². The number of hydrogen-bond acceptors (Lipinski definition) is 5. The van der Waals surface area contributed by atoms with Crippen molar-refractivity contribution < 1.29 is 27.7 Å². The van der Waals surface area contributed by atoms with Crippen LogP contribution in [0.2, 0.25) is 0 Å². The lowest BCUT2D eigenvalue weighted by molar-refractivity contribution is -0.890. The Morgan fingerprint density at radius 1 is 0.800 bits per heavy atom. The molecular formula is C28H59NO5S. The van der Waals surface area contributed by atoms with Crippen molar-refractivity contribution in [2.75, 3.05) is 39.5 Å². The predicted molar refractivity (Wildman–Crippen MR) is 146 cm³/mol. The molecule has 0 aromatic carbocycles. The topological polar surface area (TPSA) is 97.7 Å². The molecule has 0 heterocycles. The van der Waals surface area contributed by atoms with Crippen LogP contribution in [0.15, 0.2) is 0 Å². The number of unbranched alkanes of at least 4 members (excludes halogenated alkanes) is 4. The fourth-order valence-electron chi connectivity index (χ4n) is 5.39. The van der Waals surface area contributed by atoms with Crippen LogP contribution in [0.5, 0.6) is 0 Å². The van der Waals surface area contributed by atoms with Crippen molar-refractivity contribution in [3.8, 4) is 0 Å². The van der Waals surface area contributed by atoms with Crippen LogP contribution in [0.25, 0.3) is 0 Å². The first-order valence-electron chi connectivity index (χ1n) is 14.5. The number of aliphatic hydroxyl groups is 2. The second kappa shape index (κ2) is 19.8. The summed E-state index contributed by atoms with van der Waals surface area (Å²) in [7, 11) is 0.145. The summed E-state index contributed by atoms with van der Waals surface area (Å²) in [5, 5.41) is 18.6. The molecule has 0 aliphatic rings. The lowest BCUT2D eigenvalue weighted by atomic mass is 9.80. The minimum Gasteiger partial charge on any atom is -0.748 e. The number of hydrogen-bond donors (Lipinski definition) is 2. The maximum absolute atomic E-state index is 10.8. The second-order valence-electron chi connectivity index (χ2n) is 11.8. The summed E-state index contributed by atoms with van der Waals surface area (Å²) in [6.45, 7) is 8.58. The lowest BCUT2D eigenvalue weighted by Crippen LogP contribution is -2.41. The van der Waals surface area contributed by atoms with Crippen molar-refractivity contribution in [2.24, 2.45) is 17.8 Å². The molecule has 212 valence electrons. The van der Waals surface area contributed by atoms with Gasteiger partial charge in [-0.05, 0) is 49.9 Å². The van der Waals surface area contributed by atoms with Crippen LogP contribution in [0.3, 0.4) is 0 Å². The van der Waals surface area contributed by atoms with Gasteiger partial charge in [0.25, 0.3) is 0 Å². The van der Waals surface area contributed by atoms with Crippen molar-refractivity contribution in [1.29, 1.82) is 0 Å². The smallest absolute Gasteiger partial charge is 0.0948 e. The third-order valence-corrected chi connectivity index (χ3v) is 8.46. The van der Waals surface area contributed by atoms with Gasteiger partial charge in [-0.1, -0.05) is 78.6 Å². The maximum Gasteiger partial charge on any atom is 0.0948 e. The summed E-state index contributed by atoms with van der Waals surface area (Å²) in [4.78, 5) is 0. The highest BCUT2D eigenvalue weighted by atomic mass is 32.2. The van der Waals surface area contributed by atoms with Gasteiger partial charge in [0.1, 0.15) is 0 Å². The lowest BCUT2D eigenvalue weighted by Gasteiger charge is -2.30. The van der Waals surface area contributed by atoms with Gasteiger partial charge in [0.2, 0.25) is 0 Å². The van der Waals surface area contributed by atoms with E-state index in [9.17, 15) is 18.1 Å². The van der Waals surface area contributed by atoms with E-state index in [-0.39, 0.29) is 12.4 Å². The zero-order valence-corrected chi connectivity index (χ0v) is 24.5. The van der Waals surface area contributed by atoms with Gasteiger partial charge in [-0.2, -0.15) is 0 Å². The van der Waals surface area contributed by atoms with Crippen molar-refractivity contribution >= 4 is 10.1 Å². The minimum atomic E-state index is -4.10. The molecule has 0 spiro atoms. The molecule has 4 unspecified atom stereocenters. The number of aliphatic hydroxyl groups excluding tert-OH is 2. The highest BCUT2D eigenvalue weighted by molar-refractivity contribution is 7.85. The fourth-order valence-corrected chi connectivity index (χ4v) is 5.87. The van der Waals surface area contributed by atoms with E-state index in [4.69, 9.17) is 5.11 Å². The van der Waals surface area contributed by atoms with Gasteiger partial charge in [-0.25, -0.2) is 8.42 Å². The average Bonchev–Trinajstić information content (AvgIpc) is 2.76. The Bertz CT molecular complexity index is 596. The first kappa shape index (κ1) is 34.8. The van der Waals surface area contributed by atoms with E-state index < -0.39 is 16.2 Å². The molecule has 0 rings (SSSR count). The van der Waals surface area contributed by atoms with Gasteiger partial charge >= 0.3 is 0 Å². The maximum atomic E-state index is 10.8. The summed E-state index contributed by atoms with van der Waals surface area (Å²) in [5.74, 6) is 1.99. The van der Waals surface area contributed by atoms with Gasteiger partial charge in [-0.3, -0.25) is 0 Å². The SMILES string of the molecule is CCCCCC(CC(C)CCCC(O)CO)CC(CC)CCCCC[N+](C)(C)CCCS(=O)(=O)[O-]. The highest BCUT2D eigenvalue weighted by Crippen LogP contribution is 2.31. The van der Waals surface area contributed by atoms with Gasteiger partial charge in [0.05, 0.1) is 50.0 Å². The van der Waals surface area contributed by atoms with E-state index in [0.29, 0.717) is 18.8 Å². The van der Waals surface area contributed by atoms with E-state index in [1.807, 2.05) is 0 Å². The first-order chi connectivity index (χ1) is 16.4. The van der Waals surface area contributed by atoms with Gasteiger partial charge < -0.3 is 19.2 Å². The summed E-state index contributed by atoms with van der Waals surface area (Å²) in [6.07, 6.45) is 16.7. The Balaban J connectivity index is 4.42. The molecule has 35 heavy (non-hydrogen) atoms. The summed E-state index contributed by atoms with van der Waals surface area (Å²) in [6, 6.07) is 0. The molecule has 4 atom stereocenters. The van der Waals surface area contributed by atoms with Crippen LogP contribution in [-0.4, -0.2) is 73.3 Å². The molecule has 0 aromatic rings. The number of nitrogens with zero attached hydrogens (tertiary/aromatic N) is 1. The monoisotopic (exact) mass is 521 g/mol. The molecule has 2 N–H and O–H groups in total. The largest absolute Gasteiger partial charge is 0.748 e. The Morgan fingerprint density at radius 3 is 2.03 bits per heavy atom. The first-order valence-corrected chi connectivity index (χ1v) is 16.0. The van der Waals surface area contributed by atoms with Gasteiger partial charge in [-0.15, -0.1) is 0 Å². The second-order valence-corrected chi connectivity index (χ2v) is 13.4. The zero-order chi connectivity index (χ0) is 26.7. The third-order valence-electron chi connectivity index (χ3n) is 7.67. The van der Waals surface area contributed by atoms with Crippen molar-refractivity contribution in [3.05, 3.63) is 0 Å². The Hall–Kier alpha value is -0.210.